The van der Waals surface area contributed by atoms with E-state index in [-0.39, 0.29) is 11.5 Å². The van der Waals surface area contributed by atoms with Crippen molar-refractivity contribution >= 4 is 39.7 Å². The number of nitrogens with zero attached hydrogens (tertiary/aromatic N) is 1. The van der Waals surface area contributed by atoms with Crippen molar-refractivity contribution in [2.75, 3.05) is 5.32 Å². The second-order valence-corrected chi connectivity index (χ2v) is 5.12. The van der Waals surface area contributed by atoms with Crippen LogP contribution >= 0.6 is 28.1 Å². The maximum absolute atomic E-state index is 12.0. The number of rotatable bonds is 2. The number of hydrogen-bond acceptors (Lipinski definition) is 3. The smallest absolute Gasteiger partial charge is 0.264 e. The first-order valence-electron chi connectivity index (χ1n) is 5.34. The van der Waals surface area contributed by atoms with E-state index in [1.807, 2.05) is 0 Å². The molecule has 7 heteroatoms. The lowest BCUT2D eigenvalue weighted by atomic mass is 10.2. The molecular formula is C12H10BrN3O2S. The molecule has 1 amide bonds. The standard InChI is InChI=1S/C12H10BrN3O2S/c1-16-6-7(5-9(13)12(16)18)15-10(17)8-3-2-4-14-11(8)19/h2-6H,1H3,(H,14,19)(H,15,17). The van der Waals surface area contributed by atoms with Crippen molar-refractivity contribution in [3.8, 4) is 0 Å². The predicted octanol–water partition coefficient (Wildman–Crippen LogP) is 2.46. The van der Waals surface area contributed by atoms with Gasteiger partial charge in [-0.1, -0.05) is 12.2 Å². The molecule has 0 saturated heterocycles. The summed E-state index contributed by atoms with van der Waals surface area (Å²) in [6.45, 7) is 0. The Bertz CT molecular complexity index is 725. The lowest BCUT2D eigenvalue weighted by molar-refractivity contribution is 0.102. The predicted molar refractivity (Wildman–Crippen MR) is 79.0 cm³/mol. The molecule has 0 aliphatic heterocycles. The number of amides is 1. The van der Waals surface area contributed by atoms with Gasteiger partial charge in [-0.25, -0.2) is 0 Å². The fraction of sp³-hybridized carbons (Fsp3) is 0.0833. The van der Waals surface area contributed by atoms with Gasteiger partial charge in [-0.3, -0.25) is 9.59 Å². The number of hydrogen-bond donors (Lipinski definition) is 2. The van der Waals surface area contributed by atoms with Gasteiger partial charge >= 0.3 is 0 Å². The average molecular weight is 340 g/mol. The van der Waals surface area contributed by atoms with Gasteiger partial charge in [0.25, 0.3) is 11.5 Å². The maximum atomic E-state index is 12.0. The van der Waals surface area contributed by atoms with Crippen LogP contribution in [0.15, 0.2) is 39.9 Å². The maximum Gasteiger partial charge on any atom is 0.264 e. The van der Waals surface area contributed by atoms with Gasteiger partial charge < -0.3 is 14.9 Å². The summed E-state index contributed by atoms with van der Waals surface area (Å²) < 4.78 is 2.13. The van der Waals surface area contributed by atoms with E-state index in [1.54, 1.807) is 37.6 Å². The van der Waals surface area contributed by atoms with Crippen LogP contribution in [0.5, 0.6) is 0 Å². The van der Waals surface area contributed by atoms with E-state index >= 15 is 0 Å². The molecule has 0 radical (unpaired) electrons. The van der Waals surface area contributed by atoms with Gasteiger partial charge in [0.2, 0.25) is 0 Å². The molecule has 0 fully saturated rings. The van der Waals surface area contributed by atoms with E-state index in [4.69, 9.17) is 12.2 Å². The van der Waals surface area contributed by atoms with Crippen molar-refractivity contribution in [1.82, 2.24) is 9.55 Å². The minimum absolute atomic E-state index is 0.171. The summed E-state index contributed by atoms with van der Waals surface area (Å²) in [4.78, 5) is 26.3. The number of pyridine rings is 2. The fourth-order valence-corrected chi connectivity index (χ4v) is 2.29. The Morgan fingerprint density at radius 3 is 2.89 bits per heavy atom. The number of nitrogens with one attached hydrogen (secondary N) is 2. The van der Waals surface area contributed by atoms with E-state index in [2.05, 4.69) is 26.2 Å². The first-order chi connectivity index (χ1) is 8.99. The second kappa shape index (κ2) is 5.50. The summed E-state index contributed by atoms with van der Waals surface area (Å²) in [5.74, 6) is -0.326. The number of H-pyrrole nitrogens is 1. The van der Waals surface area contributed by atoms with E-state index < -0.39 is 0 Å². The van der Waals surface area contributed by atoms with Crippen LogP contribution in [-0.4, -0.2) is 15.5 Å². The number of halogens is 1. The summed E-state index contributed by atoms with van der Waals surface area (Å²) in [5.41, 5.74) is 0.717. The zero-order valence-electron chi connectivity index (χ0n) is 9.94. The molecule has 2 aromatic heterocycles. The largest absolute Gasteiger partial charge is 0.352 e. The molecule has 98 valence electrons. The highest BCUT2D eigenvalue weighted by Gasteiger charge is 2.09. The van der Waals surface area contributed by atoms with Gasteiger partial charge in [0.15, 0.2) is 0 Å². The quantitative estimate of drug-likeness (QED) is 0.826. The average Bonchev–Trinajstić information content (AvgIpc) is 2.36. The van der Waals surface area contributed by atoms with Crippen LogP contribution in [0, 0.1) is 4.64 Å². The first kappa shape index (κ1) is 13.7. The third-order valence-corrected chi connectivity index (χ3v) is 3.37. The van der Waals surface area contributed by atoms with Crippen LogP contribution in [-0.2, 0) is 7.05 Å². The summed E-state index contributed by atoms with van der Waals surface area (Å²) in [7, 11) is 1.61. The number of aryl methyl sites for hydroxylation is 1. The Hall–Kier alpha value is -1.73. The van der Waals surface area contributed by atoms with Crippen molar-refractivity contribution < 1.29 is 4.79 Å². The van der Waals surface area contributed by atoms with Crippen LogP contribution in [0.3, 0.4) is 0 Å². The monoisotopic (exact) mass is 339 g/mol. The zero-order valence-corrected chi connectivity index (χ0v) is 12.3. The summed E-state index contributed by atoms with van der Waals surface area (Å²) >= 11 is 8.18. The second-order valence-electron chi connectivity index (χ2n) is 3.86. The third-order valence-electron chi connectivity index (χ3n) is 2.46. The molecule has 0 aliphatic rings. The number of carbonyl (C=O) groups is 1. The molecule has 0 spiro atoms. The van der Waals surface area contributed by atoms with E-state index in [0.717, 1.165) is 0 Å². The van der Waals surface area contributed by atoms with Crippen LogP contribution in [0.1, 0.15) is 10.4 Å². The number of carbonyl (C=O) groups excluding carboxylic acids is 1. The molecule has 2 aromatic rings. The Labute approximate surface area is 122 Å². The topological polar surface area (TPSA) is 66.9 Å². The molecule has 0 unspecified atom stereocenters. The van der Waals surface area contributed by atoms with Crippen molar-refractivity contribution in [2.45, 2.75) is 0 Å². The lowest BCUT2D eigenvalue weighted by Crippen LogP contribution is -2.19. The van der Waals surface area contributed by atoms with Gasteiger partial charge in [0, 0.05) is 19.4 Å². The molecule has 0 atom stereocenters. The normalized spacial score (nSPS) is 10.2. The Balaban J connectivity index is 2.32. The van der Waals surface area contributed by atoms with Crippen molar-refractivity contribution in [3.05, 3.63) is 55.6 Å². The molecule has 5 nitrogen and oxygen atoms in total. The van der Waals surface area contributed by atoms with Crippen LogP contribution in [0.25, 0.3) is 0 Å². The minimum Gasteiger partial charge on any atom is -0.352 e. The molecule has 2 rings (SSSR count). The summed E-state index contributed by atoms with van der Waals surface area (Å²) in [6.07, 6.45) is 3.20. The number of aromatic amines is 1. The third kappa shape index (κ3) is 2.99. The van der Waals surface area contributed by atoms with Crippen molar-refractivity contribution in [3.63, 3.8) is 0 Å². The molecule has 0 saturated carbocycles. The molecule has 0 aromatic carbocycles. The molecule has 2 heterocycles. The van der Waals surface area contributed by atoms with Gasteiger partial charge in [-0.05, 0) is 34.1 Å². The lowest BCUT2D eigenvalue weighted by Gasteiger charge is -2.07. The summed E-state index contributed by atoms with van der Waals surface area (Å²) in [6, 6.07) is 4.88. The highest BCUT2D eigenvalue weighted by atomic mass is 79.9. The molecule has 2 N–H and O–H groups in total. The van der Waals surface area contributed by atoms with Crippen molar-refractivity contribution in [1.29, 1.82) is 0 Å². The highest BCUT2D eigenvalue weighted by Crippen LogP contribution is 2.13. The van der Waals surface area contributed by atoms with E-state index in [1.165, 1.54) is 4.57 Å². The minimum atomic E-state index is -0.326. The van der Waals surface area contributed by atoms with Gasteiger partial charge in [-0.15, -0.1) is 0 Å². The number of aromatic nitrogens is 2. The van der Waals surface area contributed by atoms with E-state index in [9.17, 15) is 9.59 Å². The molecule has 0 aliphatic carbocycles. The fourth-order valence-electron chi connectivity index (χ4n) is 1.54. The summed E-state index contributed by atoms with van der Waals surface area (Å²) in [5, 5.41) is 2.69. The van der Waals surface area contributed by atoms with Crippen LogP contribution in [0.4, 0.5) is 5.69 Å². The van der Waals surface area contributed by atoms with Gasteiger partial charge in [-0.2, -0.15) is 0 Å². The Morgan fingerprint density at radius 1 is 1.53 bits per heavy atom. The Kier molecular flexibility index (Phi) is 3.96. The Morgan fingerprint density at radius 2 is 2.26 bits per heavy atom. The number of anilines is 1. The molecule has 0 bridgehead atoms. The SMILES string of the molecule is Cn1cc(NC(=O)c2ccc[nH]c2=S)cc(Br)c1=O. The van der Waals surface area contributed by atoms with E-state index in [0.29, 0.717) is 20.4 Å². The van der Waals surface area contributed by atoms with Crippen molar-refractivity contribution in [2.24, 2.45) is 7.05 Å². The van der Waals surface area contributed by atoms with Crippen LogP contribution < -0.4 is 10.9 Å². The zero-order chi connectivity index (χ0) is 14.0. The molecular weight excluding hydrogens is 330 g/mol. The van der Waals surface area contributed by atoms with Crippen LogP contribution in [0.2, 0.25) is 0 Å². The highest BCUT2D eigenvalue weighted by molar-refractivity contribution is 9.10. The van der Waals surface area contributed by atoms with Gasteiger partial charge in [0.1, 0.15) is 4.64 Å². The van der Waals surface area contributed by atoms with Gasteiger partial charge in [0.05, 0.1) is 15.7 Å². The molecule has 19 heavy (non-hydrogen) atoms. The first-order valence-corrected chi connectivity index (χ1v) is 6.54.